The van der Waals surface area contributed by atoms with Gasteiger partial charge >= 0.3 is 0 Å². The van der Waals surface area contributed by atoms with Gasteiger partial charge in [-0.25, -0.2) is 0 Å². The lowest BCUT2D eigenvalue weighted by Crippen LogP contribution is -2.29. The molecule has 1 fully saturated rings. The largest absolute Gasteiger partial charge is 0.507 e. The first-order valence-electron chi connectivity index (χ1n) is 10.6. The van der Waals surface area contributed by atoms with Crippen LogP contribution >= 0.6 is 0 Å². The molecule has 32 heavy (non-hydrogen) atoms. The molecule has 4 rings (SSSR count). The molecule has 0 bridgehead atoms. The second kappa shape index (κ2) is 8.71. The van der Waals surface area contributed by atoms with Crippen molar-refractivity contribution in [3.05, 3.63) is 101 Å². The smallest absolute Gasteiger partial charge is 0.300 e. The Morgan fingerprint density at radius 2 is 1.69 bits per heavy atom. The predicted octanol–water partition coefficient (Wildman–Crippen LogP) is 5.19. The summed E-state index contributed by atoms with van der Waals surface area (Å²) < 4.78 is 5.26. The highest BCUT2D eigenvalue weighted by Gasteiger charge is 2.46. The Hall–Kier alpha value is -3.86. The Balaban J connectivity index is 1.91. The average molecular weight is 428 g/mol. The van der Waals surface area contributed by atoms with E-state index >= 15 is 0 Å². The van der Waals surface area contributed by atoms with Crippen molar-refractivity contribution in [1.82, 2.24) is 0 Å². The fourth-order valence-electron chi connectivity index (χ4n) is 4.03. The summed E-state index contributed by atoms with van der Waals surface area (Å²) >= 11 is 0. The molecule has 0 spiro atoms. The van der Waals surface area contributed by atoms with E-state index in [0.29, 0.717) is 22.6 Å². The topological polar surface area (TPSA) is 66.8 Å². The number of hydrogen-bond acceptors (Lipinski definition) is 4. The molecule has 1 aliphatic rings. The summed E-state index contributed by atoms with van der Waals surface area (Å²) in [5.41, 5.74) is 3.97. The summed E-state index contributed by atoms with van der Waals surface area (Å²) in [6.45, 7) is 3.98. The summed E-state index contributed by atoms with van der Waals surface area (Å²) in [6.07, 6.45) is 0.866. The third-order valence-electron chi connectivity index (χ3n) is 5.79. The minimum atomic E-state index is -0.756. The Bertz CT molecular complexity index is 1190. The quantitative estimate of drug-likeness (QED) is 0.346. The average Bonchev–Trinajstić information content (AvgIpc) is 3.09. The number of rotatable bonds is 5. The summed E-state index contributed by atoms with van der Waals surface area (Å²) in [7, 11) is 1.58. The van der Waals surface area contributed by atoms with Crippen LogP contribution in [0, 0.1) is 6.92 Å². The Morgan fingerprint density at radius 3 is 2.28 bits per heavy atom. The highest BCUT2D eigenvalue weighted by atomic mass is 16.5. The van der Waals surface area contributed by atoms with Gasteiger partial charge in [-0.05, 0) is 54.3 Å². The van der Waals surface area contributed by atoms with Crippen LogP contribution in [0.3, 0.4) is 0 Å². The van der Waals surface area contributed by atoms with Crippen molar-refractivity contribution in [3.8, 4) is 5.75 Å². The van der Waals surface area contributed by atoms with Crippen molar-refractivity contribution >= 4 is 23.1 Å². The van der Waals surface area contributed by atoms with E-state index in [0.717, 1.165) is 17.5 Å². The number of aliphatic hydroxyl groups is 1. The first-order valence-corrected chi connectivity index (χ1v) is 10.6. The zero-order valence-corrected chi connectivity index (χ0v) is 18.3. The third-order valence-corrected chi connectivity index (χ3v) is 5.79. The molecule has 1 heterocycles. The normalized spacial score (nSPS) is 17.6. The number of Topliss-reactive ketones (excluding diaryl/α,β-unsaturated/α-hetero) is 1. The van der Waals surface area contributed by atoms with E-state index in [1.54, 1.807) is 37.4 Å². The minimum absolute atomic E-state index is 0.0749. The fraction of sp³-hybridized carbons (Fsp3) is 0.185. The third kappa shape index (κ3) is 3.78. The van der Waals surface area contributed by atoms with Gasteiger partial charge in [0.15, 0.2) is 0 Å². The molecule has 1 aliphatic heterocycles. The van der Waals surface area contributed by atoms with Gasteiger partial charge in [-0.15, -0.1) is 0 Å². The number of nitrogens with zero attached hydrogens (tertiary/aromatic N) is 1. The molecule has 1 amide bonds. The van der Waals surface area contributed by atoms with Gasteiger partial charge in [-0.3, -0.25) is 14.5 Å². The number of ether oxygens (including phenoxy) is 1. The van der Waals surface area contributed by atoms with Gasteiger partial charge in [0, 0.05) is 11.3 Å². The molecule has 0 aliphatic carbocycles. The van der Waals surface area contributed by atoms with E-state index in [1.165, 1.54) is 4.90 Å². The predicted molar refractivity (Wildman–Crippen MR) is 125 cm³/mol. The molecule has 3 aromatic carbocycles. The summed E-state index contributed by atoms with van der Waals surface area (Å²) in [5.74, 6) is -0.883. The van der Waals surface area contributed by atoms with Crippen molar-refractivity contribution in [1.29, 1.82) is 0 Å². The number of methoxy groups -OCH3 is 1. The van der Waals surface area contributed by atoms with Crippen molar-refractivity contribution in [2.75, 3.05) is 12.0 Å². The lowest BCUT2D eigenvalue weighted by molar-refractivity contribution is -0.132. The molecule has 1 atom stereocenters. The maximum absolute atomic E-state index is 13.2. The van der Waals surface area contributed by atoms with Crippen molar-refractivity contribution in [2.24, 2.45) is 0 Å². The van der Waals surface area contributed by atoms with Crippen LogP contribution in [-0.2, 0) is 16.0 Å². The number of aliphatic hydroxyl groups excluding tert-OH is 1. The zero-order chi connectivity index (χ0) is 22.8. The number of carbonyl (C=O) groups excluding carboxylic acids is 2. The maximum atomic E-state index is 13.2. The Labute approximate surface area is 187 Å². The van der Waals surface area contributed by atoms with Crippen molar-refractivity contribution in [2.45, 2.75) is 26.3 Å². The molecule has 0 radical (unpaired) electrons. The molecule has 0 aromatic heterocycles. The van der Waals surface area contributed by atoms with Gasteiger partial charge in [0.1, 0.15) is 11.5 Å². The van der Waals surface area contributed by atoms with Gasteiger partial charge in [0.05, 0.1) is 18.7 Å². The molecule has 5 nitrogen and oxygen atoms in total. The number of benzene rings is 3. The molecule has 162 valence electrons. The van der Waals surface area contributed by atoms with Crippen LogP contribution in [0.25, 0.3) is 5.76 Å². The van der Waals surface area contributed by atoms with Crippen molar-refractivity contribution < 1.29 is 19.4 Å². The van der Waals surface area contributed by atoms with Crippen LogP contribution in [-0.4, -0.2) is 23.9 Å². The summed E-state index contributed by atoms with van der Waals surface area (Å²) in [5, 5.41) is 11.2. The van der Waals surface area contributed by atoms with Gasteiger partial charge < -0.3 is 9.84 Å². The van der Waals surface area contributed by atoms with E-state index in [1.807, 2.05) is 56.3 Å². The number of hydrogen-bond donors (Lipinski definition) is 1. The zero-order valence-electron chi connectivity index (χ0n) is 18.3. The molecule has 3 aromatic rings. The Morgan fingerprint density at radius 1 is 1.00 bits per heavy atom. The fourth-order valence-corrected chi connectivity index (χ4v) is 4.03. The monoisotopic (exact) mass is 427 g/mol. The number of anilines is 1. The second-order valence-corrected chi connectivity index (χ2v) is 7.83. The van der Waals surface area contributed by atoms with Crippen molar-refractivity contribution in [3.63, 3.8) is 0 Å². The summed E-state index contributed by atoms with van der Waals surface area (Å²) in [6, 6.07) is 21.2. The van der Waals surface area contributed by atoms with E-state index in [2.05, 4.69) is 0 Å². The highest BCUT2D eigenvalue weighted by Crippen LogP contribution is 2.42. The van der Waals surface area contributed by atoms with Crippen LogP contribution in [0.5, 0.6) is 5.75 Å². The second-order valence-electron chi connectivity index (χ2n) is 7.83. The Kier molecular flexibility index (Phi) is 5.82. The minimum Gasteiger partial charge on any atom is -0.507 e. The lowest BCUT2D eigenvalue weighted by Gasteiger charge is -2.26. The molecule has 1 unspecified atom stereocenters. The molecular formula is C27H25NO4. The number of aryl methyl sites for hydroxylation is 2. The van der Waals surface area contributed by atoms with Crippen LogP contribution in [0.4, 0.5) is 5.69 Å². The standard InChI is InChI=1S/C27H25NO4/c1-4-18-8-10-20(11-9-18)25(29)23-24(19-12-14-22(32-3)15-13-19)28(27(31)26(23)30)21-7-5-6-17(2)16-21/h5-16,24,29H,4H2,1-3H3/b25-23+. The highest BCUT2D eigenvalue weighted by molar-refractivity contribution is 6.51. The van der Waals surface area contributed by atoms with Crippen LogP contribution in [0.1, 0.15) is 35.2 Å². The van der Waals surface area contributed by atoms with Gasteiger partial charge in [0.25, 0.3) is 11.7 Å². The van der Waals surface area contributed by atoms with E-state index < -0.39 is 17.7 Å². The lowest BCUT2D eigenvalue weighted by atomic mass is 9.94. The van der Waals surface area contributed by atoms with Crippen LogP contribution in [0.15, 0.2) is 78.4 Å². The van der Waals surface area contributed by atoms with Crippen LogP contribution < -0.4 is 9.64 Å². The number of ketones is 1. The summed E-state index contributed by atoms with van der Waals surface area (Å²) in [4.78, 5) is 27.8. The van der Waals surface area contributed by atoms with Gasteiger partial charge in [-0.2, -0.15) is 0 Å². The number of amides is 1. The SMILES string of the molecule is CCc1ccc(/C(O)=C2\C(=O)C(=O)N(c3cccc(C)c3)C2c2ccc(OC)cc2)cc1. The van der Waals surface area contributed by atoms with Gasteiger partial charge in [0.2, 0.25) is 0 Å². The molecule has 1 saturated heterocycles. The van der Waals surface area contributed by atoms with Crippen LogP contribution in [0.2, 0.25) is 0 Å². The number of carbonyl (C=O) groups is 2. The van der Waals surface area contributed by atoms with E-state index in [9.17, 15) is 14.7 Å². The van der Waals surface area contributed by atoms with E-state index in [-0.39, 0.29) is 11.3 Å². The molecule has 1 N–H and O–H groups in total. The van der Waals surface area contributed by atoms with E-state index in [4.69, 9.17) is 4.74 Å². The molecule has 5 heteroatoms. The maximum Gasteiger partial charge on any atom is 0.300 e. The first-order chi connectivity index (χ1) is 15.4. The van der Waals surface area contributed by atoms with Gasteiger partial charge in [-0.1, -0.05) is 55.5 Å². The molecular weight excluding hydrogens is 402 g/mol. The molecule has 0 saturated carbocycles. The first kappa shape index (κ1) is 21.4.